The first-order valence-electron chi connectivity index (χ1n) is 19.2. The van der Waals surface area contributed by atoms with Gasteiger partial charge in [0, 0.05) is 27.9 Å². The molecule has 0 saturated carbocycles. The zero-order valence-electron chi connectivity index (χ0n) is 31.6. The van der Waals surface area contributed by atoms with Gasteiger partial charge in [-0.2, -0.15) is 0 Å². The summed E-state index contributed by atoms with van der Waals surface area (Å²) in [5.74, 6) is 0. The van der Waals surface area contributed by atoms with Crippen molar-refractivity contribution in [2.24, 2.45) is 0 Å². The van der Waals surface area contributed by atoms with E-state index in [1.165, 1.54) is 88.8 Å². The van der Waals surface area contributed by atoms with E-state index in [-0.39, 0.29) is 10.8 Å². The predicted molar refractivity (Wildman–Crippen MR) is 229 cm³/mol. The van der Waals surface area contributed by atoms with Crippen LogP contribution in [-0.2, 0) is 10.8 Å². The van der Waals surface area contributed by atoms with Gasteiger partial charge < -0.3 is 4.90 Å². The Bertz CT molecular complexity index is 2730. The van der Waals surface area contributed by atoms with Crippen LogP contribution in [0.1, 0.15) is 55.5 Å². The van der Waals surface area contributed by atoms with Crippen molar-refractivity contribution in [3.63, 3.8) is 0 Å². The lowest BCUT2D eigenvalue weighted by atomic mass is 9.79. The molecule has 54 heavy (non-hydrogen) atoms. The van der Waals surface area contributed by atoms with Gasteiger partial charge in [-0.05, 0) is 139 Å². The van der Waals surface area contributed by atoms with E-state index in [1.807, 2.05) is 0 Å². The molecule has 0 unspecified atom stereocenters. The number of anilines is 3. The van der Waals surface area contributed by atoms with Crippen molar-refractivity contribution < 1.29 is 0 Å². The Hall–Kier alpha value is -6.18. The van der Waals surface area contributed by atoms with E-state index in [0.717, 1.165) is 11.4 Å². The Labute approximate surface area is 319 Å². The van der Waals surface area contributed by atoms with Crippen molar-refractivity contribution in [3.05, 3.63) is 198 Å². The van der Waals surface area contributed by atoms with Gasteiger partial charge in [0.05, 0.1) is 0 Å². The summed E-state index contributed by atoms with van der Waals surface area (Å²) >= 11 is 0. The summed E-state index contributed by atoms with van der Waals surface area (Å²) in [6, 6.07) is 63.1. The Morgan fingerprint density at radius 1 is 0.352 bits per heavy atom. The molecule has 0 N–H and O–H groups in total. The molecule has 0 heterocycles. The molecule has 0 amide bonds. The Kier molecular flexibility index (Phi) is 7.17. The zero-order valence-corrected chi connectivity index (χ0v) is 31.6. The van der Waals surface area contributed by atoms with Crippen LogP contribution < -0.4 is 4.90 Å². The van der Waals surface area contributed by atoms with Crippen LogP contribution in [0.2, 0.25) is 0 Å². The summed E-state index contributed by atoms with van der Waals surface area (Å²) < 4.78 is 0. The van der Waals surface area contributed by atoms with E-state index in [4.69, 9.17) is 0 Å². The number of rotatable bonds is 5. The summed E-state index contributed by atoms with van der Waals surface area (Å²) in [6.07, 6.45) is 0. The molecule has 1 heteroatoms. The Morgan fingerprint density at radius 2 is 0.833 bits per heavy atom. The lowest BCUT2D eigenvalue weighted by Crippen LogP contribution is -2.17. The number of fused-ring (bicyclic) bond motifs is 8. The molecule has 0 radical (unpaired) electrons. The molecule has 1 nitrogen and oxygen atoms in total. The van der Waals surface area contributed by atoms with Crippen molar-refractivity contribution in [1.29, 1.82) is 0 Å². The summed E-state index contributed by atoms with van der Waals surface area (Å²) in [7, 11) is 0. The van der Waals surface area contributed by atoms with Gasteiger partial charge in [0.25, 0.3) is 0 Å². The molecule has 8 aromatic carbocycles. The highest BCUT2D eigenvalue weighted by Crippen LogP contribution is 2.58. The normalized spacial score (nSPS) is 14.3. The Morgan fingerprint density at radius 3 is 1.52 bits per heavy atom. The lowest BCUT2D eigenvalue weighted by Gasteiger charge is -2.28. The van der Waals surface area contributed by atoms with E-state index in [1.54, 1.807) is 0 Å². The van der Waals surface area contributed by atoms with Crippen LogP contribution in [-0.4, -0.2) is 0 Å². The summed E-state index contributed by atoms with van der Waals surface area (Å²) in [4.78, 5) is 2.41. The fourth-order valence-corrected chi connectivity index (χ4v) is 9.37. The number of hydrogen-bond donors (Lipinski definition) is 0. The van der Waals surface area contributed by atoms with E-state index < -0.39 is 0 Å². The highest BCUT2D eigenvalue weighted by Gasteiger charge is 2.43. The maximum Gasteiger partial charge on any atom is 0.0465 e. The molecule has 0 atom stereocenters. The smallest absolute Gasteiger partial charge is 0.0465 e. The Balaban J connectivity index is 1.11. The van der Waals surface area contributed by atoms with Crippen LogP contribution in [0.15, 0.2) is 170 Å². The number of aryl methyl sites for hydroxylation is 1. The van der Waals surface area contributed by atoms with Crippen molar-refractivity contribution in [1.82, 2.24) is 0 Å². The quantitative estimate of drug-likeness (QED) is 0.173. The molecule has 0 aromatic heterocycles. The summed E-state index contributed by atoms with van der Waals surface area (Å²) in [5.41, 5.74) is 20.5. The van der Waals surface area contributed by atoms with Crippen LogP contribution in [0.5, 0.6) is 0 Å². The van der Waals surface area contributed by atoms with Crippen molar-refractivity contribution in [2.75, 3.05) is 4.90 Å². The fourth-order valence-electron chi connectivity index (χ4n) is 9.37. The molecular weight excluding hydrogens is 651 g/mol. The first kappa shape index (κ1) is 32.5. The van der Waals surface area contributed by atoms with E-state index >= 15 is 0 Å². The maximum absolute atomic E-state index is 2.55. The predicted octanol–water partition coefficient (Wildman–Crippen LogP) is 14.6. The fraction of sp³-hybridized carbons (Fsp3) is 0.132. The van der Waals surface area contributed by atoms with Gasteiger partial charge in [0.2, 0.25) is 0 Å². The van der Waals surface area contributed by atoms with Crippen molar-refractivity contribution in [2.45, 2.75) is 45.4 Å². The molecule has 2 aliphatic carbocycles. The molecule has 10 rings (SSSR count). The van der Waals surface area contributed by atoms with Gasteiger partial charge in [0.1, 0.15) is 0 Å². The molecule has 2 aliphatic rings. The summed E-state index contributed by atoms with van der Waals surface area (Å²) in [6.45, 7) is 11.8. The average molecular weight is 694 g/mol. The van der Waals surface area contributed by atoms with Gasteiger partial charge >= 0.3 is 0 Å². The minimum absolute atomic E-state index is 0.145. The monoisotopic (exact) mass is 693 g/mol. The topological polar surface area (TPSA) is 3.24 Å². The van der Waals surface area contributed by atoms with Crippen LogP contribution in [0.3, 0.4) is 0 Å². The average Bonchev–Trinajstić information content (AvgIpc) is 3.57. The molecule has 0 bridgehead atoms. The minimum atomic E-state index is -0.182. The molecule has 0 aliphatic heterocycles. The second-order valence-corrected chi connectivity index (χ2v) is 16.3. The third-order valence-corrected chi connectivity index (χ3v) is 12.3. The number of hydrogen-bond acceptors (Lipinski definition) is 1. The van der Waals surface area contributed by atoms with Crippen LogP contribution in [0.25, 0.3) is 55.3 Å². The number of nitrogens with zero attached hydrogens (tertiary/aromatic N) is 1. The second kappa shape index (κ2) is 11.9. The van der Waals surface area contributed by atoms with Crippen molar-refractivity contribution in [3.8, 4) is 44.5 Å². The van der Waals surface area contributed by atoms with Crippen molar-refractivity contribution >= 4 is 27.8 Å². The zero-order chi connectivity index (χ0) is 36.8. The lowest BCUT2D eigenvalue weighted by molar-refractivity contribution is 0.652. The number of benzene rings is 8. The molecule has 0 fully saturated rings. The second-order valence-electron chi connectivity index (χ2n) is 16.3. The summed E-state index contributed by atoms with van der Waals surface area (Å²) in [5, 5.41) is 2.65. The van der Waals surface area contributed by atoms with E-state index in [0.29, 0.717) is 0 Å². The standard InChI is InChI=1S/C53H43N/c1-34-20-24-38(25-21-34)54(39-26-22-36(23-27-39)35-14-8-6-9-15-35)40-28-29-42-45-32-49-46(33-48(45)52(2,3)47(42)30-40)51-43-19-13-12-18-41(43)44(31-50(51)53(49,4)5)37-16-10-7-11-17-37/h6-33H,1-5H3. The first-order valence-corrected chi connectivity index (χ1v) is 19.2. The van der Waals surface area contributed by atoms with E-state index in [9.17, 15) is 0 Å². The third kappa shape index (κ3) is 4.85. The highest BCUT2D eigenvalue weighted by atomic mass is 15.1. The van der Waals surface area contributed by atoms with Gasteiger partial charge in [0.15, 0.2) is 0 Å². The van der Waals surface area contributed by atoms with Gasteiger partial charge in [-0.1, -0.05) is 149 Å². The first-order chi connectivity index (χ1) is 26.2. The van der Waals surface area contributed by atoms with Crippen LogP contribution in [0, 0.1) is 6.92 Å². The molecule has 8 aromatic rings. The van der Waals surface area contributed by atoms with E-state index in [2.05, 4.69) is 209 Å². The van der Waals surface area contributed by atoms with Crippen LogP contribution in [0.4, 0.5) is 17.1 Å². The largest absolute Gasteiger partial charge is 0.310 e. The molecule has 0 saturated heterocycles. The molecule has 0 spiro atoms. The van der Waals surface area contributed by atoms with Crippen LogP contribution >= 0.6 is 0 Å². The van der Waals surface area contributed by atoms with Gasteiger partial charge in [-0.3, -0.25) is 0 Å². The minimum Gasteiger partial charge on any atom is -0.310 e. The van der Waals surface area contributed by atoms with Gasteiger partial charge in [-0.25, -0.2) is 0 Å². The molecule has 260 valence electrons. The SMILES string of the molecule is Cc1ccc(N(c2ccc(-c3ccccc3)cc2)c2ccc3c(c2)C(C)(C)c2cc4c(cc2-3)C(C)(C)c2cc(-c3ccccc3)c3ccccc3c2-4)cc1. The maximum atomic E-state index is 2.55. The highest BCUT2D eigenvalue weighted by molar-refractivity contribution is 6.09. The van der Waals surface area contributed by atoms with Gasteiger partial charge in [-0.15, -0.1) is 0 Å². The molecular formula is C53H43N. The third-order valence-electron chi connectivity index (χ3n) is 12.3.